The van der Waals surface area contributed by atoms with Gasteiger partial charge in [0, 0.05) is 0 Å². The zero-order chi connectivity index (χ0) is 30.1. The van der Waals surface area contributed by atoms with Crippen molar-refractivity contribution in [1.29, 1.82) is 0 Å². The van der Waals surface area contributed by atoms with Crippen molar-refractivity contribution in [2.24, 2.45) is 0 Å². The average molecular weight is 604 g/mol. The van der Waals surface area contributed by atoms with Crippen LogP contribution in [0.1, 0.15) is 76.7 Å². The van der Waals surface area contributed by atoms with Crippen LogP contribution in [-0.4, -0.2) is 19.6 Å². The van der Waals surface area contributed by atoms with E-state index in [0.29, 0.717) is 6.42 Å². The smallest absolute Gasteiger partial charge is 0.282 e. The van der Waals surface area contributed by atoms with Gasteiger partial charge in [0.25, 0.3) is 10.1 Å². The summed E-state index contributed by atoms with van der Waals surface area (Å²) >= 11 is 0. The lowest BCUT2D eigenvalue weighted by atomic mass is 10.0. The highest BCUT2D eigenvalue weighted by Gasteiger charge is 2.39. The Hall–Kier alpha value is -2.78. The molecule has 0 heterocycles. The molecule has 4 rings (SSSR count). The van der Waals surface area contributed by atoms with E-state index < -0.39 is 17.4 Å². The molecule has 1 N–H and O–H groups in total. The minimum atomic E-state index is -4.10. The Kier molecular flexibility index (Phi) is 14.5. The van der Waals surface area contributed by atoms with Gasteiger partial charge < -0.3 is 0 Å². The Balaban J connectivity index is 0.000000231. The molecule has 42 heavy (non-hydrogen) atoms. The summed E-state index contributed by atoms with van der Waals surface area (Å²) < 4.78 is 31.8. The lowest BCUT2D eigenvalue weighted by Crippen LogP contribution is -2.30. The fourth-order valence-corrected chi connectivity index (χ4v) is 9.34. The van der Waals surface area contributed by atoms with Gasteiger partial charge >= 0.3 is 0 Å². The molecule has 0 aliphatic carbocycles. The summed E-state index contributed by atoms with van der Waals surface area (Å²) in [6.45, 7) is 4.65. The van der Waals surface area contributed by atoms with Crippen molar-refractivity contribution in [3.05, 3.63) is 121 Å². The van der Waals surface area contributed by atoms with Crippen LogP contribution >= 0.6 is 7.26 Å². The van der Waals surface area contributed by atoms with Gasteiger partial charge in [-0.25, -0.2) is 0 Å². The van der Waals surface area contributed by atoms with Crippen molar-refractivity contribution in [2.75, 3.05) is 6.66 Å². The van der Waals surface area contributed by atoms with E-state index in [0.717, 1.165) is 18.4 Å². The van der Waals surface area contributed by atoms with Crippen LogP contribution in [-0.2, 0) is 16.5 Å². The quantitative estimate of drug-likeness (QED) is 0.0838. The van der Waals surface area contributed by atoms with Crippen LogP contribution in [0.15, 0.2) is 120 Å². The molecule has 0 unspecified atom stereocenters. The van der Waals surface area contributed by atoms with Crippen LogP contribution in [0.3, 0.4) is 0 Å². The molecule has 0 aromatic heterocycles. The summed E-state index contributed by atoms with van der Waals surface area (Å²) in [4.78, 5) is 0.0610. The lowest BCUT2D eigenvalue weighted by molar-refractivity contribution is 0.481. The first-order valence-corrected chi connectivity index (χ1v) is 19.1. The maximum Gasteiger partial charge on any atom is 0.294 e. The van der Waals surface area contributed by atoms with E-state index in [2.05, 4.69) is 105 Å². The predicted molar refractivity (Wildman–Crippen MR) is 183 cm³/mol. The second kappa shape index (κ2) is 18.0. The molecule has 0 fully saturated rings. The van der Waals surface area contributed by atoms with Crippen molar-refractivity contribution in [1.82, 2.24) is 0 Å². The third-order valence-electron chi connectivity index (χ3n) is 7.87. The molecule has 4 aromatic rings. The lowest BCUT2D eigenvalue weighted by Gasteiger charge is -2.22. The molecule has 3 nitrogen and oxygen atoms in total. The Labute approximate surface area is 255 Å². The highest BCUT2D eigenvalue weighted by atomic mass is 32.2. The molecule has 0 saturated carbocycles. The monoisotopic (exact) mass is 603 g/mol. The standard InChI is InChI=1S/C19H18P.C18H30O3S/c1-20(17-11-5-2-6-12-17,18-13-7-3-8-14-18)19-15-9-4-10-16-19;1-2-3-4-5-6-7-8-9-10-11-14-17-15-12-13-16-18(17)22(19,20)21/h2-16H,1H3;12-13,15-16H,2-11,14H2,1H3,(H,19,20,21)/q+1;. The molecular formula is C37H48O3PS+. The number of aryl methyl sites for hydroxylation is 1. The van der Waals surface area contributed by atoms with E-state index in [1.54, 1.807) is 12.1 Å². The molecule has 5 heteroatoms. The Morgan fingerprint density at radius 2 is 0.881 bits per heavy atom. The third kappa shape index (κ3) is 10.5. The predicted octanol–water partition coefficient (Wildman–Crippen LogP) is 9.01. The largest absolute Gasteiger partial charge is 0.294 e. The zero-order valence-corrected chi connectivity index (χ0v) is 27.1. The SMILES string of the molecule is CCCCCCCCCCCCc1ccccc1S(=O)(=O)O.C[P+](c1ccccc1)(c1ccccc1)c1ccccc1. The van der Waals surface area contributed by atoms with E-state index in [1.165, 1.54) is 73.3 Å². The first kappa shape index (κ1) is 33.7. The molecule has 0 amide bonds. The Morgan fingerprint density at radius 3 is 1.29 bits per heavy atom. The summed E-state index contributed by atoms with van der Waals surface area (Å²) in [5, 5.41) is 4.28. The molecular weight excluding hydrogens is 555 g/mol. The first-order valence-electron chi connectivity index (χ1n) is 15.5. The fourth-order valence-electron chi connectivity index (χ4n) is 5.39. The summed E-state index contributed by atoms with van der Waals surface area (Å²) in [6.07, 6.45) is 13.3. The van der Waals surface area contributed by atoms with Crippen LogP contribution in [0, 0.1) is 0 Å². The first-order chi connectivity index (χ1) is 20.4. The molecule has 224 valence electrons. The van der Waals surface area contributed by atoms with Crippen molar-refractivity contribution in [2.45, 2.75) is 82.4 Å². The summed E-state index contributed by atoms with van der Waals surface area (Å²) in [5.41, 5.74) is 0.726. The van der Waals surface area contributed by atoms with Crippen molar-refractivity contribution in [3.8, 4) is 0 Å². The zero-order valence-electron chi connectivity index (χ0n) is 25.4. The normalized spacial score (nSPS) is 11.5. The maximum atomic E-state index is 11.3. The van der Waals surface area contributed by atoms with Gasteiger partial charge in [0.05, 0.1) is 11.6 Å². The number of unbranched alkanes of at least 4 members (excludes halogenated alkanes) is 9. The van der Waals surface area contributed by atoms with Crippen LogP contribution in [0.2, 0.25) is 0 Å². The number of rotatable bonds is 15. The van der Waals surface area contributed by atoms with Crippen molar-refractivity contribution >= 4 is 33.3 Å². The Morgan fingerprint density at radius 1 is 0.524 bits per heavy atom. The van der Waals surface area contributed by atoms with Gasteiger partial charge in [-0.2, -0.15) is 8.42 Å². The van der Waals surface area contributed by atoms with Crippen LogP contribution in [0.25, 0.3) is 0 Å². The molecule has 0 atom stereocenters. The van der Waals surface area contributed by atoms with Gasteiger partial charge in [-0.3, -0.25) is 4.55 Å². The van der Waals surface area contributed by atoms with Crippen LogP contribution in [0.5, 0.6) is 0 Å². The third-order valence-corrected chi connectivity index (χ3v) is 12.8. The van der Waals surface area contributed by atoms with E-state index in [9.17, 15) is 13.0 Å². The van der Waals surface area contributed by atoms with Crippen molar-refractivity contribution in [3.63, 3.8) is 0 Å². The van der Waals surface area contributed by atoms with E-state index in [4.69, 9.17) is 0 Å². The van der Waals surface area contributed by atoms with Crippen LogP contribution in [0.4, 0.5) is 0 Å². The Bertz CT molecular complexity index is 1290. The van der Waals surface area contributed by atoms with E-state index in [-0.39, 0.29) is 4.90 Å². The number of hydrogen-bond donors (Lipinski definition) is 1. The van der Waals surface area contributed by atoms with E-state index >= 15 is 0 Å². The minimum Gasteiger partial charge on any atom is -0.282 e. The molecule has 0 aliphatic rings. The highest BCUT2D eigenvalue weighted by molar-refractivity contribution is 7.95. The molecule has 0 aliphatic heterocycles. The highest BCUT2D eigenvalue weighted by Crippen LogP contribution is 2.51. The van der Waals surface area contributed by atoms with Gasteiger partial charge in [-0.15, -0.1) is 0 Å². The van der Waals surface area contributed by atoms with Gasteiger partial charge in [0.1, 0.15) is 23.2 Å². The summed E-state index contributed by atoms with van der Waals surface area (Å²) in [7, 11) is -5.62. The number of benzene rings is 4. The molecule has 4 aromatic carbocycles. The van der Waals surface area contributed by atoms with Gasteiger partial charge in [-0.05, 0) is 60.9 Å². The van der Waals surface area contributed by atoms with Gasteiger partial charge in [-0.1, -0.05) is 138 Å². The summed E-state index contributed by atoms with van der Waals surface area (Å²) in [5.74, 6) is 0. The van der Waals surface area contributed by atoms with Crippen LogP contribution < -0.4 is 15.9 Å². The maximum absolute atomic E-state index is 11.3. The second-order valence-corrected chi connectivity index (χ2v) is 16.0. The molecule has 0 radical (unpaired) electrons. The van der Waals surface area contributed by atoms with Gasteiger partial charge in [0.15, 0.2) is 0 Å². The topological polar surface area (TPSA) is 54.4 Å². The fraction of sp³-hybridized carbons (Fsp3) is 0.351. The molecule has 0 saturated heterocycles. The second-order valence-electron chi connectivity index (χ2n) is 11.0. The molecule has 0 bridgehead atoms. The summed E-state index contributed by atoms with van der Waals surface area (Å²) in [6, 6.07) is 39.4. The minimum absolute atomic E-state index is 0.0610. The average Bonchev–Trinajstić information content (AvgIpc) is 3.03. The van der Waals surface area contributed by atoms with Gasteiger partial charge in [0.2, 0.25) is 0 Å². The van der Waals surface area contributed by atoms with Crippen molar-refractivity contribution < 1.29 is 13.0 Å². The molecule has 0 spiro atoms. The number of hydrogen-bond acceptors (Lipinski definition) is 2. The van der Waals surface area contributed by atoms with E-state index in [1.807, 2.05) is 6.07 Å².